The largest absolute Gasteiger partial charge is 0.376 e. The minimum Gasteiger partial charge on any atom is -0.376 e. The number of carbonyl (C=O) groups is 1. The molecule has 0 saturated heterocycles. The van der Waals surface area contributed by atoms with Crippen molar-refractivity contribution >= 4 is 5.91 Å². The molecule has 0 atom stereocenters. The Balaban J connectivity index is 2.27. The number of benzene rings is 1. The number of aryl methyl sites for hydroxylation is 1. The number of hydrogen-bond acceptors (Lipinski definition) is 2. The second-order valence-electron chi connectivity index (χ2n) is 5.55. The zero-order chi connectivity index (χ0) is 15.3. The molecule has 0 saturated carbocycles. The van der Waals surface area contributed by atoms with Crippen molar-refractivity contribution in [1.82, 2.24) is 5.32 Å². The highest BCUT2D eigenvalue weighted by Crippen LogP contribution is 2.14. The number of aliphatic hydroxyl groups excluding tert-OH is 1. The number of rotatable bonds is 11. The molecule has 1 aromatic rings. The fourth-order valence-electron chi connectivity index (χ4n) is 2.58. The smallest absolute Gasteiger partial charge is 0.253 e. The lowest BCUT2D eigenvalue weighted by molar-refractivity contribution is 0.0909. The minimum atomic E-state index is -0.315. The first-order chi connectivity index (χ1) is 10.3. The van der Waals surface area contributed by atoms with Crippen LogP contribution in [0.25, 0.3) is 0 Å². The van der Waals surface area contributed by atoms with Crippen molar-refractivity contribution in [2.75, 3.05) is 6.73 Å². The molecule has 0 heterocycles. The lowest BCUT2D eigenvalue weighted by Gasteiger charge is -2.09. The molecule has 0 aliphatic carbocycles. The van der Waals surface area contributed by atoms with Crippen molar-refractivity contribution in [3.63, 3.8) is 0 Å². The van der Waals surface area contributed by atoms with Gasteiger partial charge in [0.05, 0.1) is 0 Å². The predicted molar refractivity (Wildman–Crippen MR) is 87.3 cm³/mol. The van der Waals surface area contributed by atoms with Crippen molar-refractivity contribution in [2.45, 2.75) is 64.7 Å². The lowest BCUT2D eigenvalue weighted by Crippen LogP contribution is -2.25. The van der Waals surface area contributed by atoms with Gasteiger partial charge in [0.1, 0.15) is 6.73 Å². The topological polar surface area (TPSA) is 49.3 Å². The molecule has 1 amide bonds. The highest BCUT2D eigenvalue weighted by Gasteiger charge is 2.09. The van der Waals surface area contributed by atoms with Gasteiger partial charge < -0.3 is 10.4 Å². The van der Waals surface area contributed by atoms with Gasteiger partial charge in [-0.3, -0.25) is 4.79 Å². The zero-order valence-electron chi connectivity index (χ0n) is 13.2. The van der Waals surface area contributed by atoms with E-state index in [0.29, 0.717) is 5.56 Å². The normalized spacial score (nSPS) is 10.6. The number of hydrogen-bond donors (Lipinski definition) is 2. The fraction of sp³-hybridized carbons (Fsp3) is 0.611. The van der Waals surface area contributed by atoms with E-state index in [1.807, 2.05) is 24.3 Å². The minimum absolute atomic E-state index is 0.187. The van der Waals surface area contributed by atoms with Gasteiger partial charge in [0.15, 0.2) is 0 Å². The van der Waals surface area contributed by atoms with Gasteiger partial charge in [0.2, 0.25) is 0 Å². The SMILES string of the molecule is CCCCCCCCCCc1ccccc1C(=O)NCO. The van der Waals surface area contributed by atoms with Crippen molar-refractivity contribution in [3.8, 4) is 0 Å². The third-order valence-electron chi connectivity index (χ3n) is 3.80. The number of nitrogens with one attached hydrogen (secondary N) is 1. The highest BCUT2D eigenvalue weighted by molar-refractivity contribution is 5.95. The van der Waals surface area contributed by atoms with Crippen LogP contribution < -0.4 is 5.32 Å². The van der Waals surface area contributed by atoms with Gasteiger partial charge in [-0.25, -0.2) is 0 Å². The van der Waals surface area contributed by atoms with Crippen LogP contribution in [0.4, 0.5) is 0 Å². The van der Waals surface area contributed by atoms with E-state index in [1.54, 1.807) is 0 Å². The molecule has 0 fully saturated rings. The Morgan fingerprint density at radius 2 is 1.62 bits per heavy atom. The summed E-state index contributed by atoms with van der Waals surface area (Å²) in [6.45, 7) is 1.93. The van der Waals surface area contributed by atoms with Gasteiger partial charge in [-0.2, -0.15) is 0 Å². The molecular weight excluding hydrogens is 262 g/mol. The van der Waals surface area contributed by atoms with E-state index >= 15 is 0 Å². The Kier molecular flexibility index (Phi) is 9.55. The van der Waals surface area contributed by atoms with E-state index in [-0.39, 0.29) is 12.6 Å². The Morgan fingerprint density at radius 3 is 2.29 bits per heavy atom. The van der Waals surface area contributed by atoms with Crippen LogP contribution in [-0.4, -0.2) is 17.7 Å². The van der Waals surface area contributed by atoms with E-state index in [1.165, 1.54) is 44.9 Å². The zero-order valence-corrected chi connectivity index (χ0v) is 13.2. The Morgan fingerprint density at radius 1 is 1.00 bits per heavy atom. The number of amides is 1. The molecule has 1 rings (SSSR count). The van der Waals surface area contributed by atoms with E-state index < -0.39 is 0 Å². The molecule has 118 valence electrons. The van der Waals surface area contributed by atoms with Crippen molar-refractivity contribution in [3.05, 3.63) is 35.4 Å². The number of unbranched alkanes of at least 4 members (excludes halogenated alkanes) is 7. The number of aliphatic hydroxyl groups is 1. The average molecular weight is 291 g/mol. The summed E-state index contributed by atoms with van der Waals surface area (Å²) in [5.41, 5.74) is 1.77. The summed E-state index contributed by atoms with van der Waals surface area (Å²) >= 11 is 0. The van der Waals surface area contributed by atoms with E-state index in [0.717, 1.165) is 18.4 Å². The molecule has 1 aromatic carbocycles. The Bertz CT molecular complexity index is 404. The molecule has 0 unspecified atom stereocenters. The molecule has 3 heteroatoms. The Labute approximate surface area is 128 Å². The van der Waals surface area contributed by atoms with Crippen LogP contribution in [0.15, 0.2) is 24.3 Å². The molecule has 0 aliphatic rings. The molecule has 0 bridgehead atoms. The monoisotopic (exact) mass is 291 g/mol. The third kappa shape index (κ3) is 7.28. The molecule has 3 nitrogen and oxygen atoms in total. The summed E-state index contributed by atoms with van der Waals surface area (Å²) in [5.74, 6) is -0.187. The Hall–Kier alpha value is -1.35. The molecule has 0 spiro atoms. The van der Waals surface area contributed by atoms with Gasteiger partial charge in [0, 0.05) is 5.56 Å². The van der Waals surface area contributed by atoms with Crippen LogP contribution in [0.2, 0.25) is 0 Å². The maximum absolute atomic E-state index is 11.8. The van der Waals surface area contributed by atoms with Crippen LogP contribution >= 0.6 is 0 Å². The summed E-state index contributed by atoms with van der Waals surface area (Å²) in [5, 5.41) is 11.2. The van der Waals surface area contributed by atoms with Gasteiger partial charge in [0.25, 0.3) is 5.91 Å². The van der Waals surface area contributed by atoms with Crippen LogP contribution in [0.3, 0.4) is 0 Å². The highest BCUT2D eigenvalue weighted by atomic mass is 16.3. The van der Waals surface area contributed by atoms with Crippen LogP contribution in [0.5, 0.6) is 0 Å². The third-order valence-corrected chi connectivity index (χ3v) is 3.80. The summed E-state index contributed by atoms with van der Waals surface area (Å²) in [6.07, 6.45) is 11.3. The molecule has 2 N–H and O–H groups in total. The maximum atomic E-state index is 11.8. The van der Waals surface area contributed by atoms with Crippen molar-refractivity contribution in [2.24, 2.45) is 0 Å². The molecular formula is C18H29NO2. The summed E-state index contributed by atoms with van der Waals surface area (Å²) in [7, 11) is 0. The van der Waals surface area contributed by atoms with Crippen molar-refractivity contribution in [1.29, 1.82) is 0 Å². The van der Waals surface area contributed by atoms with Gasteiger partial charge in [-0.15, -0.1) is 0 Å². The average Bonchev–Trinajstić information content (AvgIpc) is 2.50. The van der Waals surface area contributed by atoms with Gasteiger partial charge in [-0.05, 0) is 24.5 Å². The van der Waals surface area contributed by atoms with E-state index in [2.05, 4.69) is 12.2 Å². The molecule has 21 heavy (non-hydrogen) atoms. The first kappa shape index (κ1) is 17.7. The van der Waals surface area contributed by atoms with Crippen LogP contribution in [0.1, 0.15) is 74.2 Å². The summed E-state index contributed by atoms with van der Waals surface area (Å²) < 4.78 is 0. The van der Waals surface area contributed by atoms with Gasteiger partial charge >= 0.3 is 0 Å². The second kappa shape index (κ2) is 11.3. The van der Waals surface area contributed by atoms with Crippen molar-refractivity contribution < 1.29 is 9.90 Å². The quantitative estimate of drug-likeness (QED) is 0.477. The first-order valence-corrected chi connectivity index (χ1v) is 8.26. The van der Waals surface area contributed by atoms with E-state index in [4.69, 9.17) is 5.11 Å². The first-order valence-electron chi connectivity index (χ1n) is 8.26. The summed E-state index contributed by atoms with van der Waals surface area (Å²) in [6, 6.07) is 7.66. The fourth-order valence-corrected chi connectivity index (χ4v) is 2.58. The lowest BCUT2D eigenvalue weighted by atomic mass is 10.00. The second-order valence-corrected chi connectivity index (χ2v) is 5.55. The standard InChI is InChI=1S/C18H29NO2/c1-2-3-4-5-6-7-8-9-12-16-13-10-11-14-17(16)18(21)19-15-20/h10-11,13-14,20H,2-9,12,15H2,1H3,(H,19,21). The van der Waals surface area contributed by atoms with Gasteiger partial charge in [-0.1, -0.05) is 70.1 Å². The van der Waals surface area contributed by atoms with Crippen LogP contribution in [-0.2, 0) is 6.42 Å². The molecule has 0 aromatic heterocycles. The maximum Gasteiger partial charge on any atom is 0.253 e. The molecule has 0 aliphatic heterocycles. The molecule has 0 radical (unpaired) electrons. The summed E-state index contributed by atoms with van der Waals surface area (Å²) in [4.78, 5) is 11.8. The van der Waals surface area contributed by atoms with Crippen LogP contribution in [0, 0.1) is 0 Å². The van der Waals surface area contributed by atoms with E-state index in [9.17, 15) is 4.79 Å². The predicted octanol–water partition coefficient (Wildman–Crippen LogP) is 4.05. The number of carbonyl (C=O) groups excluding carboxylic acids is 1.